The predicted molar refractivity (Wildman–Crippen MR) is 379 cm³/mol. The van der Waals surface area contributed by atoms with Crippen LogP contribution < -0.4 is 54.7 Å². The second-order valence-corrected chi connectivity index (χ2v) is 23.0. The van der Waals surface area contributed by atoms with Crippen LogP contribution in [-0.2, 0) is 39.3 Å². The van der Waals surface area contributed by atoms with Gasteiger partial charge in [-0.3, -0.25) is 4.79 Å². The first-order valence-corrected chi connectivity index (χ1v) is 31.8. The van der Waals surface area contributed by atoms with Gasteiger partial charge in [0.2, 0.25) is 0 Å². The van der Waals surface area contributed by atoms with Gasteiger partial charge in [-0.1, -0.05) is 146 Å². The van der Waals surface area contributed by atoms with Gasteiger partial charge in [0.25, 0.3) is 5.91 Å². The van der Waals surface area contributed by atoms with Crippen molar-refractivity contribution in [2.24, 2.45) is 0 Å². The van der Waals surface area contributed by atoms with Gasteiger partial charge >= 0.3 is 5.97 Å². The number of ether oxygens (including phenoxy) is 8. The molecule has 2 aliphatic heterocycles. The minimum atomic E-state index is -1.05. The molecule has 2 aromatic heterocycles. The Morgan fingerprint density at radius 3 is 1.29 bits per heavy atom. The Labute approximate surface area is 566 Å². The Balaban J connectivity index is 0.000000187. The third-order valence-electron chi connectivity index (χ3n) is 16.6. The largest absolute Gasteiger partial charge is 0.493 e. The Kier molecular flexibility index (Phi) is 23.6. The van der Waals surface area contributed by atoms with E-state index in [1.807, 2.05) is 151 Å². The lowest BCUT2D eigenvalue weighted by molar-refractivity contribution is 0.0690. The minimum absolute atomic E-state index is 0.0440. The van der Waals surface area contributed by atoms with E-state index >= 15 is 0 Å². The molecule has 6 N–H and O–H groups in total. The first kappa shape index (κ1) is 68.3. The highest BCUT2D eigenvalue weighted by Crippen LogP contribution is 2.42. The lowest BCUT2D eigenvalue weighted by Gasteiger charge is -2.36. The molecule has 0 radical (unpaired) electrons. The number of nitrogens with two attached hydrogens (primary N) is 2. The smallest absolute Gasteiger partial charge is 0.339 e. The summed E-state index contributed by atoms with van der Waals surface area (Å²) in [6, 6.07) is 62.6. The van der Waals surface area contributed by atoms with Gasteiger partial charge in [0, 0.05) is 25.5 Å². The molecule has 1 amide bonds. The molecule has 0 spiro atoms. The highest BCUT2D eigenvalue weighted by molar-refractivity contribution is 5.99. The van der Waals surface area contributed by atoms with Crippen LogP contribution in [-0.4, -0.2) is 73.4 Å². The molecule has 4 heterocycles. The molecule has 12 rings (SSSR count). The van der Waals surface area contributed by atoms with Crippen molar-refractivity contribution < 1.29 is 52.6 Å². The number of carboxylic acid groups (broad SMARTS) is 1. The Morgan fingerprint density at radius 2 is 0.876 bits per heavy atom. The van der Waals surface area contributed by atoms with E-state index in [-0.39, 0.29) is 29.1 Å². The number of nitrogens with zero attached hydrogens (tertiary/aromatic N) is 3. The first-order valence-electron chi connectivity index (χ1n) is 31.8. The van der Waals surface area contributed by atoms with Crippen LogP contribution >= 0.6 is 0 Å². The predicted octanol–water partition coefficient (Wildman–Crippen LogP) is 15.0. The quantitative estimate of drug-likeness (QED) is 0.0495. The van der Waals surface area contributed by atoms with Crippen LogP contribution in [0, 0.1) is 13.8 Å². The number of aromatic nitrogens is 2. The number of carbonyl (C=O) groups is 2. The van der Waals surface area contributed by atoms with Crippen LogP contribution in [0.3, 0.4) is 0 Å². The molecule has 2 atom stereocenters. The number of hydrogen-bond donors (Lipinski definition) is 4. The van der Waals surface area contributed by atoms with Crippen molar-refractivity contribution >= 4 is 35.7 Å². The Bertz CT molecular complexity index is 4340. The van der Waals surface area contributed by atoms with E-state index in [1.165, 1.54) is 29.5 Å². The van der Waals surface area contributed by atoms with Crippen molar-refractivity contribution in [1.82, 2.24) is 20.2 Å². The number of amides is 1. The number of carboxylic acids is 1. The molecule has 0 aliphatic carbocycles. The zero-order chi connectivity index (χ0) is 68.0. The summed E-state index contributed by atoms with van der Waals surface area (Å²) in [5.41, 5.74) is 24.8. The maximum Gasteiger partial charge on any atom is 0.339 e. The standard InChI is InChI=1S/C40H39N3O5.C34H35NO4.C6H6N2O2/c1-27-21-35(45-2)37(47-25-28-11-6-4-7-12-28)22-30(27)16-17-34-33-24-36(46-3)38(48-26-29-13-8-5-9-14-29)23-31(33)18-20-43(34)40(44)32-15-10-19-42-39(32)41;1-24-18-31(36-2)33(38-22-25-10-6-4-7-11-25)19-27(24)14-15-30-29-21-32(37-3)34(20-28(29)16-17-35-30)39-23-26-12-8-5-9-13-26;7-5-4(6(9)10)2-1-3-8-5/h4-17,19,21-24,34H,18,20,25-26H2,1-3H3,(H2,41,42);4-15,18-21,30,35H,16-17,22-23H2,1-3H3;1-3H,(H2,7,8)(H,9,10)/b17-16+;15-14+;. The lowest BCUT2D eigenvalue weighted by atomic mass is 9.90. The summed E-state index contributed by atoms with van der Waals surface area (Å²) in [7, 11) is 6.63. The molecule has 17 nitrogen and oxygen atoms in total. The number of hydrogen-bond acceptors (Lipinski definition) is 15. The van der Waals surface area contributed by atoms with Crippen LogP contribution in [0.4, 0.5) is 11.6 Å². The number of anilines is 2. The van der Waals surface area contributed by atoms with Crippen molar-refractivity contribution in [3.63, 3.8) is 0 Å². The van der Waals surface area contributed by atoms with E-state index in [9.17, 15) is 9.59 Å². The van der Waals surface area contributed by atoms with Gasteiger partial charge in [-0.2, -0.15) is 0 Å². The van der Waals surface area contributed by atoms with Gasteiger partial charge in [-0.15, -0.1) is 0 Å². The maximum absolute atomic E-state index is 14.0. The van der Waals surface area contributed by atoms with Crippen molar-refractivity contribution in [3.05, 3.63) is 297 Å². The average Bonchev–Trinajstić information content (AvgIpc) is 0.793. The summed E-state index contributed by atoms with van der Waals surface area (Å²) in [5, 5.41) is 12.1. The van der Waals surface area contributed by atoms with Crippen molar-refractivity contribution in [2.75, 3.05) is 53.0 Å². The molecule has 0 saturated heterocycles. The van der Waals surface area contributed by atoms with Gasteiger partial charge in [-0.05, 0) is 166 Å². The summed E-state index contributed by atoms with van der Waals surface area (Å²) in [4.78, 5) is 33.9. The molecular weight excluding hydrogens is 1220 g/mol. The van der Waals surface area contributed by atoms with E-state index < -0.39 is 12.0 Å². The number of nitrogen functional groups attached to an aromatic ring is 2. The number of benzene rings is 8. The molecular formula is C80H80N6O11. The summed E-state index contributed by atoms with van der Waals surface area (Å²) in [6.45, 7) is 7.28. The Morgan fingerprint density at radius 1 is 0.485 bits per heavy atom. The van der Waals surface area contributed by atoms with E-state index in [0.717, 1.165) is 91.6 Å². The molecule has 0 fully saturated rings. The van der Waals surface area contributed by atoms with Gasteiger partial charge < -0.3 is 64.7 Å². The molecule has 10 aromatic rings. The molecule has 0 bridgehead atoms. The SMILES string of the molecule is COc1cc(C)c(/C=C/C2NCCc3cc(OCc4ccccc4)c(OC)cc32)cc1OCc1ccccc1.COc1cc(C)c(/C=C/C2c3cc(OC)c(OCc4ccccc4)cc3CCN2C(=O)c2cccnc2N)cc1OCc1ccccc1.Nc1ncccc1C(=O)O. The number of pyridine rings is 2. The normalized spacial score (nSPS) is 13.7. The third kappa shape index (κ3) is 17.8. The van der Waals surface area contributed by atoms with Gasteiger partial charge in [-0.25, -0.2) is 14.8 Å². The molecule has 2 aliphatic rings. The van der Waals surface area contributed by atoms with Crippen molar-refractivity contribution in [2.45, 2.75) is 65.2 Å². The topological polar surface area (TPSA) is 221 Å². The van der Waals surface area contributed by atoms with Crippen LogP contribution in [0.15, 0.2) is 219 Å². The molecule has 97 heavy (non-hydrogen) atoms. The van der Waals surface area contributed by atoms with E-state index in [0.29, 0.717) is 68.0 Å². The number of carbonyl (C=O) groups excluding carboxylic acids is 1. The number of methoxy groups -OCH3 is 4. The molecule has 2 unspecified atom stereocenters. The van der Waals surface area contributed by atoms with Crippen molar-refractivity contribution in [3.8, 4) is 46.0 Å². The fraction of sp³-hybridized carbons (Fsp3) is 0.200. The van der Waals surface area contributed by atoms with Crippen LogP contribution in [0.25, 0.3) is 12.2 Å². The van der Waals surface area contributed by atoms with Gasteiger partial charge in [0.1, 0.15) is 43.6 Å². The lowest BCUT2D eigenvalue weighted by Crippen LogP contribution is -2.39. The fourth-order valence-electron chi connectivity index (χ4n) is 11.4. The number of aromatic carboxylic acids is 1. The molecule has 8 aromatic carbocycles. The van der Waals surface area contributed by atoms with E-state index in [2.05, 4.69) is 76.8 Å². The summed E-state index contributed by atoms with van der Waals surface area (Å²) < 4.78 is 47.6. The highest BCUT2D eigenvalue weighted by Gasteiger charge is 2.33. The minimum Gasteiger partial charge on any atom is -0.493 e. The fourth-order valence-corrected chi connectivity index (χ4v) is 11.4. The number of nitrogens with one attached hydrogen (secondary N) is 1. The van der Waals surface area contributed by atoms with E-state index in [1.54, 1.807) is 46.8 Å². The third-order valence-corrected chi connectivity index (χ3v) is 16.6. The molecule has 0 saturated carbocycles. The summed E-state index contributed by atoms with van der Waals surface area (Å²) in [5.74, 6) is 4.52. The first-order chi connectivity index (χ1) is 47.3. The number of aryl methyl sites for hydroxylation is 2. The molecule has 496 valence electrons. The van der Waals surface area contributed by atoms with Crippen LogP contribution in [0.5, 0.6) is 46.0 Å². The Hall–Kier alpha value is -11.6. The zero-order valence-electron chi connectivity index (χ0n) is 55.3. The number of rotatable bonds is 22. The summed E-state index contributed by atoms with van der Waals surface area (Å²) in [6.07, 6.45) is 13.0. The monoisotopic (exact) mass is 1300 g/mol. The van der Waals surface area contributed by atoms with Gasteiger partial charge in [0.05, 0.1) is 46.1 Å². The second-order valence-electron chi connectivity index (χ2n) is 23.0. The van der Waals surface area contributed by atoms with Gasteiger partial charge in [0.15, 0.2) is 46.0 Å². The van der Waals surface area contributed by atoms with E-state index in [4.69, 9.17) is 54.5 Å². The zero-order valence-corrected chi connectivity index (χ0v) is 55.3. The summed E-state index contributed by atoms with van der Waals surface area (Å²) >= 11 is 0. The van der Waals surface area contributed by atoms with Crippen LogP contribution in [0.2, 0.25) is 0 Å². The second kappa shape index (κ2) is 33.5. The highest BCUT2D eigenvalue weighted by atomic mass is 16.5. The van der Waals surface area contributed by atoms with Crippen LogP contribution in [0.1, 0.15) is 99.6 Å². The average molecular weight is 1300 g/mol. The van der Waals surface area contributed by atoms with Crippen molar-refractivity contribution in [1.29, 1.82) is 0 Å². The maximum atomic E-state index is 14.0. The number of fused-ring (bicyclic) bond motifs is 2. The molecule has 17 heteroatoms.